The molecule has 0 aliphatic carbocycles. The van der Waals surface area contributed by atoms with Crippen molar-refractivity contribution in [2.24, 2.45) is 0 Å². The lowest BCUT2D eigenvalue weighted by Gasteiger charge is -2.19. The van der Waals surface area contributed by atoms with Crippen LogP contribution in [0.1, 0.15) is 39.2 Å². The van der Waals surface area contributed by atoms with Crippen LogP contribution >= 0.6 is 0 Å². The van der Waals surface area contributed by atoms with Crippen molar-refractivity contribution in [1.29, 1.82) is 5.26 Å². The molecule has 0 radical (unpaired) electrons. The van der Waals surface area contributed by atoms with Crippen molar-refractivity contribution in [2.75, 3.05) is 26.7 Å². The first-order valence-corrected chi connectivity index (χ1v) is 7.22. The zero-order valence-corrected chi connectivity index (χ0v) is 13.1. The summed E-state index contributed by atoms with van der Waals surface area (Å²) in [6.45, 7) is 9.13. The van der Waals surface area contributed by atoms with E-state index in [-0.39, 0.29) is 5.41 Å². The van der Waals surface area contributed by atoms with Crippen LogP contribution in [0.15, 0.2) is 24.3 Å². The van der Waals surface area contributed by atoms with Crippen molar-refractivity contribution in [3.63, 3.8) is 0 Å². The molecule has 0 spiro atoms. The van der Waals surface area contributed by atoms with Gasteiger partial charge in [0.1, 0.15) is 5.75 Å². The molecular formula is C17H26N2O. The Labute approximate surface area is 123 Å². The van der Waals surface area contributed by atoms with Gasteiger partial charge in [-0.1, -0.05) is 32.9 Å². The highest BCUT2D eigenvalue weighted by atomic mass is 16.5. The molecule has 0 aromatic heterocycles. The van der Waals surface area contributed by atoms with E-state index in [1.165, 1.54) is 5.56 Å². The molecule has 0 atom stereocenters. The molecule has 0 aliphatic rings. The number of nitrogens with zero attached hydrogens (tertiary/aromatic N) is 2. The van der Waals surface area contributed by atoms with Crippen LogP contribution in [-0.4, -0.2) is 31.6 Å². The molecule has 0 amide bonds. The third-order valence-electron chi connectivity index (χ3n) is 3.28. The number of hydrogen-bond acceptors (Lipinski definition) is 3. The van der Waals surface area contributed by atoms with E-state index in [9.17, 15) is 0 Å². The van der Waals surface area contributed by atoms with E-state index in [1.54, 1.807) is 0 Å². The van der Waals surface area contributed by atoms with Crippen molar-refractivity contribution in [1.82, 2.24) is 4.90 Å². The topological polar surface area (TPSA) is 36.3 Å². The van der Waals surface area contributed by atoms with E-state index in [0.29, 0.717) is 13.0 Å². The first-order chi connectivity index (χ1) is 9.43. The lowest BCUT2D eigenvalue weighted by atomic mass is 9.87. The summed E-state index contributed by atoms with van der Waals surface area (Å²) < 4.78 is 5.74. The van der Waals surface area contributed by atoms with Gasteiger partial charge in [0.25, 0.3) is 0 Å². The minimum atomic E-state index is 0.183. The smallest absolute Gasteiger partial charge is 0.119 e. The van der Waals surface area contributed by atoms with Gasteiger partial charge in [0.2, 0.25) is 0 Å². The second-order valence-corrected chi connectivity index (χ2v) is 6.19. The Morgan fingerprint density at radius 1 is 1.15 bits per heavy atom. The quantitative estimate of drug-likeness (QED) is 0.713. The average Bonchev–Trinajstić information content (AvgIpc) is 2.41. The van der Waals surface area contributed by atoms with Crippen molar-refractivity contribution >= 4 is 0 Å². The van der Waals surface area contributed by atoms with E-state index in [4.69, 9.17) is 10.00 Å². The molecule has 1 rings (SSSR count). The summed E-state index contributed by atoms with van der Waals surface area (Å²) in [5.41, 5.74) is 1.50. The Morgan fingerprint density at radius 3 is 2.35 bits per heavy atom. The van der Waals surface area contributed by atoms with Gasteiger partial charge in [-0.25, -0.2) is 0 Å². The fourth-order valence-corrected chi connectivity index (χ4v) is 1.93. The van der Waals surface area contributed by atoms with Gasteiger partial charge < -0.3 is 9.64 Å². The summed E-state index contributed by atoms with van der Waals surface area (Å²) >= 11 is 0. The third-order valence-corrected chi connectivity index (χ3v) is 3.28. The number of nitriles is 1. The highest BCUT2D eigenvalue weighted by Gasteiger charge is 2.12. The number of ether oxygens (including phenoxy) is 1. The van der Waals surface area contributed by atoms with Gasteiger partial charge in [0, 0.05) is 19.5 Å². The van der Waals surface area contributed by atoms with Gasteiger partial charge in [-0.2, -0.15) is 5.26 Å². The third kappa shape index (κ3) is 6.08. The molecule has 20 heavy (non-hydrogen) atoms. The predicted octanol–water partition coefficient (Wildman–Crippen LogP) is 3.60. The maximum Gasteiger partial charge on any atom is 0.119 e. The monoisotopic (exact) mass is 274 g/mol. The number of hydrogen-bond donors (Lipinski definition) is 0. The molecule has 1 aromatic rings. The van der Waals surface area contributed by atoms with Gasteiger partial charge in [-0.05, 0) is 36.6 Å². The molecule has 110 valence electrons. The average molecular weight is 274 g/mol. The fourth-order valence-electron chi connectivity index (χ4n) is 1.93. The molecule has 0 unspecified atom stereocenters. The predicted molar refractivity (Wildman–Crippen MR) is 83.0 cm³/mol. The Hall–Kier alpha value is -1.53. The van der Waals surface area contributed by atoms with Crippen LogP contribution in [0.3, 0.4) is 0 Å². The van der Waals surface area contributed by atoms with Crippen LogP contribution < -0.4 is 4.74 Å². The number of rotatable bonds is 7. The summed E-state index contributed by atoms with van der Waals surface area (Å²) in [7, 11) is 2.04. The summed E-state index contributed by atoms with van der Waals surface area (Å²) in [6, 6.07) is 10.5. The Balaban J connectivity index is 2.28. The maximum absolute atomic E-state index is 8.51. The molecule has 1 aromatic carbocycles. The summed E-state index contributed by atoms with van der Waals surface area (Å²) in [4.78, 5) is 2.16. The van der Waals surface area contributed by atoms with Gasteiger partial charge in [0.05, 0.1) is 12.7 Å². The SMILES string of the molecule is CN(CCC#N)CCCOc1ccc(C(C)(C)C)cc1. The van der Waals surface area contributed by atoms with Crippen LogP contribution in [0.25, 0.3) is 0 Å². The Bertz CT molecular complexity index is 426. The van der Waals surface area contributed by atoms with Crippen LogP contribution in [-0.2, 0) is 5.41 Å². The van der Waals surface area contributed by atoms with E-state index in [2.05, 4.69) is 43.9 Å². The van der Waals surface area contributed by atoms with E-state index in [1.807, 2.05) is 19.2 Å². The highest BCUT2D eigenvalue weighted by Crippen LogP contribution is 2.24. The molecule has 0 aliphatic heterocycles. The first kappa shape index (κ1) is 16.5. The highest BCUT2D eigenvalue weighted by molar-refractivity contribution is 5.31. The van der Waals surface area contributed by atoms with Crippen molar-refractivity contribution in [3.8, 4) is 11.8 Å². The van der Waals surface area contributed by atoms with E-state index in [0.717, 1.165) is 25.3 Å². The summed E-state index contributed by atoms with van der Waals surface area (Å²) in [5, 5.41) is 8.51. The molecule has 3 nitrogen and oxygen atoms in total. The number of benzene rings is 1. The summed E-state index contributed by atoms with van der Waals surface area (Å²) in [6.07, 6.45) is 1.56. The van der Waals surface area contributed by atoms with Crippen LogP contribution in [0.4, 0.5) is 0 Å². The first-order valence-electron chi connectivity index (χ1n) is 7.22. The molecule has 0 bridgehead atoms. The van der Waals surface area contributed by atoms with Crippen molar-refractivity contribution < 1.29 is 4.74 Å². The van der Waals surface area contributed by atoms with Gasteiger partial charge in [-0.3, -0.25) is 0 Å². The molecular weight excluding hydrogens is 248 g/mol. The molecule has 0 fully saturated rings. The minimum Gasteiger partial charge on any atom is -0.494 e. The second-order valence-electron chi connectivity index (χ2n) is 6.19. The van der Waals surface area contributed by atoms with E-state index >= 15 is 0 Å². The largest absolute Gasteiger partial charge is 0.494 e. The van der Waals surface area contributed by atoms with Crippen LogP contribution in [0, 0.1) is 11.3 Å². The fraction of sp³-hybridized carbons (Fsp3) is 0.588. The van der Waals surface area contributed by atoms with Gasteiger partial charge in [0.15, 0.2) is 0 Å². The van der Waals surface area contributed by atoms with Gasteiger partial charge in [-0.15, -0.1) is 0 Å². The van der Waals surface area contributed by atoms with Crippen LogP contribution in [0.2, 0.25) is 0 Å². The Morgan fingerprint density at radius 2 is 1.80 bits per heavy atom. The zero-order valence-electron chi connectivity index (χ0n) is 13.1. The molecule has 0 N–H and O–H groups in total. The maximum atomic E-state index is 8.51. The molecule has 3 heteroatoms. The molecule has 0 saturated carbocycles. The van der Waals surface area contributed by atoms with E-state index < -0.39 is 0 Å². The zero-order chi connectivity index (χ0) is 15.0. The summed E-state index contributed by atoms with van der Waals surface area (Å²) in [5.74, 6) is 0.928. The van der Waals surface area contributed by atoms with Crippen LogP contribution in [0.5, 0.6) is 5.75 Å². The second kappa shape index (κ2) is 7.91. The Kier molecular flexibility index (Phi) is 6.54. The standard InChI is InChI=1S/C17H26N2O/c1-17(2,3)15-7-9-16(10-8-15)20-14-6-13-19(4)12-5-11-18/h7-10H,5-6,12-14H2,1-4H3. The van der Waals surface area contributed by atoms with Crippen molar-refractivity contribution in [3.05, 3.63) is 29.8 Å². The lowest BCUT2D eigenvalue weighted by Crippen LogP contribution is -2.22. The lowest BCUT2D eigenvalue weighted by molar-refractivity contribution is 0.265. The normalized spacial score (nSPS) is 11.4. The molecule has 0 heterocycles. The molecule has 0 saturated heterocycles. The van der Waals surface area contributed by atoms with Crippen molar-refractivity contribution in [2.45, 2.75) is 39.0 Å². The minimum absolute atomic E-state index is 0.183. The van der Waals surface area contributed by atoms with Gasteiger partial charge >= 0.3 is 0 Å².